The molecule has 1 atom stereocenters. The summed E-state index contributed by atoms with van der Waals surface area (Å²) in [5.41, 5.74) is 11.6. The number of nitrogens with two attached hydrogens (primary N) is 2. The molecule has 6 nitrogen and oxygen atoms in total. The Morgan fingerprint density at radius 3 is 2.53 bits per heavy atom. The topological polar surface area (TPSA) is 107 Å². The third-order valence-corrected chi connectivity index (χ3v) is 1.99. The van der Waals surface area contributed by atoms with Gasteiger partial charge in [0.2, 0.25) is 0 Å². The molecule has 0 saturated heterocycles. The van der Waals surface area contributed by atoms with E-state index in [-0.39, 0.29) is 12.6 Å². The summed E-state index contributed by atoms with van der Waals surface area (Å²) in [5, 5.41) is 1.78. The van der Waals surface area contributed by atoms with Gasteiger partial charge in [-0.2, -0.15) is 0 Å². The summed E-state index contributed by atoms with van der Waals surface area (Å²) in [4.78, 5) is 21.2. The normalized spacial score (nSPS) is 11.6. The molecule has 0 fully saturated rings. The van der Waals surface area contributed by atoms with Crippen molar-refractivity contribution in [3.63, 3.8) is 0 Å². The highest BCUT2D eigenvalue weighted by molar-refractivity contribution is 5.89. The van der Waals surface area contributed by atoms with Gasteiger partial charge in [0, 0.05) is 6.04 Å². The predicted octanol–water partition coefficient (Wildman–Crippen LogP) is 0.361. The lowest BCUT2D eigenvalue weighted by molar-refractivity contribution is 0.140. The molecular weight excluding hydrogens is 222 g/mol. The maximum absolute atomic E-state index is 10.9. The highest BCUT2D eigenvalue weighted by Gasteiger charge is 2.09. The number of carbonyl (C=O) groups excluding carboxylic acids is 2. The van der Waals surface area contributed by atoms with Crippen LogP contribution < -0.4 is 16.8 Å². The summed E-state index contributed by atoms with van der Waals surface area (Å²) >= 11 is 0. The van der Waals surface area contributed by atoms with E-state index in [0.29, 0.717) is 6.42 Å². The zero-order valence-electron chi connectivity index (χ0n) is 9.26. The van der Waals surface area contributed by atoms with E-state index in [0.717, 1.165) is 5.56 Å². The van der Waals surface area contributed by atoms with Crippen molar-refractivity contribution in [2.24, 2.45) is 11.5 Å². The van der Waals surface area contributed by atoms with Crippen molar-refractivity contribution >= 4 is 12.1 Å². The van der Waals surface area contributed by atoms with E-state index in [1.807, 2.05) is 30.3 Å². The summed E-state index contributed by atoms with van der Waals surface area (Å²) in [7, 11) is 0. The standard InChI is InChI=1S/C11H15N3O3/c12-9(6-8-4-2-1-3-5-8)7-17-11(16)14-10(13)15/h1-5,9H,6-7,12H2,(H3,13,14,15,16)/t9-/m1/s1. The summed E-state index contributed by atoms with van der Waals surface area (Å²) in [6, 6.07) is 8.31. The first-order chi connectivity index (χ1) is 8.08. The zero-order valence-corrected chi connectivity index (χ0v) is 9.26. The first kappa shape index (κ1) is 13.0. The number of nitrogens with one attached hydrogen (secondary N) is 1. The fourth-order valence-electron chi connectivity index (χ4n) is 1.30. The van der Waals surface area contributed by atoms with Gasteiger partial charge in [-0.15, -0.1) is 0 Å². The van der Waals surface area contributed by atoms with E-state index in [1.54, 1.807) is 5.32 Å². The molecule has 6 heteroatoms. The van der Waals surface area contributed by atoms with Crippen LogP contribution in [-0.2, 0) is 11.2 Å². The number of primary amides is 1. The lowest BCUT2D eigenvalue weighted by Gasteiger charge is -2.11. The van der Waals surface area contributed by atoms with Gasteiger partial charge < -0.3 is 16.2 Å². The van der Waals surface area contributed by atoms with Crippen LogP contribution in [0.25, 0.3) is 0 Å². The highest BCUT2D eigenvalue weighted by Crippen LogP contribution is 2.01. The molecule has 1 rings (SSSR count). The maximum Gasteiger partial charge on any atom is 0.415 e. The van der Waals surface area contributed by atoms with Crippen molar-refractivity contribution in [1.82, 2.24) is 5.32 Å². The van der Waals surface area contributed by atoms with Crippen molar-refractivity contribution in [3.05, 3.63) is 35.9 Å². The van der Waals surface area contributed by atoms with E-state index in [4.69, 9.17) is 16.2 Å². The first-order valence-electron chi connectivity index (χ1n) is 5.10. The van der Waals surface area contributed by atoms with Gasteiger partial charge in [-0.3, -0.25) is 0 Å². The Kier molecular flexibility index (Phi) is 4.96. The molecule has 0 aliphatic carbocycles. The molecule has 0 aliphatic rings. The van der Waals surface area contributed by atoms with E-state index in [2.05, 4.69) is 0 Å². The van der Waals surface area contributed by atoms with Crippen LogP contribution in [0.1, 0.15) is 5.56 Å². The average Bonchev–Trinajstić information content (AvgIpc) is 2.27. The van der Waals surface area contributed by atoms with Crippen LogP contribution in [-0.4, -0.2) is 24.8 Å². The molecule has 0 spiro atoms. The van der Waals surface area contributed by atoms with Gasteiger partial charge in [-0.1, -0.05) is 30.3 Å². The predicted molar refractivity (Wildman–Crippen MR) is 62.2 cm³/mol. The van der Waals surface area contributed by atoms with Crippen LogP contribution in [0.15, 0.2) is 30.3 Å². The van der Waals surface area contributed by atoms with Crippen LogP contribution in [0.3, 0.4) is 0 Å². The SMILES string of the molecule is NC(=O)NC(=O)OC[C@H](N)Cc1ccccc1. The molecule has 5 N–H and O–H groups in total. The molecule has 1 aromatic rings. The minimum absolute atomic E-state index is 0.0218. The van der Waals surface area contributed by atoms with Gasteiger partial charge >= 0.3 is 12.1 Å². The lowest BCUT2D eigenvalue weighted by Crippen LogP contribution is -2.38. The highest BCUT2D eigenvalue weighted by atomic mass is 16.5. The van der Waals surface area contributed by atoms with E-state index >= 15 is 0 Å². The fraction of sp³-hybridized carbons (Fsp3) is 0.273. The smallest absolute Gasteiger partial charge is 0.415 e. The van der Waals surface area contributed by atoms with Crippen LogP contribution in [0.2, 0.25) is 0 Å². The molecule has 92 valence electrons. The molecule has 0 heterocycles. The molecule has 3 amide bonds. The molecule has 0 radical (unpaired) electrons. The molecule has 1 aromatic carbocycles. The third-order valence-electron chi connectivity index (χ3n) is 1.99. The van der Waals surface area contributed by atoms with Crippen LogP contribution in [0, 0.1) is 0 Å². The second-order valence-corrected chi connectivity index (χ2v) is 3.54. The number of rotatable bonds is 4. The van der Waals surface area contributed by atoms with E-state index in [9.17, 15) is 9.59 Å². The summed E-state index contributed by atoms with van der Waals surface area (Å²) in [6.07, 6.45) is -0.300. The van der Waals surface area contributed by atoms with Gasteiger partial charge in [-0.25, -0.2) is 14.9 Å². The molecule has 0 bridgehead atoms. The largest absolute Gasteiger partial charge is 0.448 e. The number of amides is 3. The van der Waals surface area contributed by atoms with Crippen molar-refractivity contribution in [2.75, 3.05) is 6.61 Å². The van der Waals surface area contributed by atoms with Gasteiger partial charge in [0.1, 0.15) is 6.61 Å². The fourth-order valence-corrected chi connectivity index (χ4v) is 1.30. The van der Waals surface area contributed by atoms with Crippen molar-refractivity contribution in [1.29, 1.82) is 0 Å². The number of urea groups is 1. The lowest BCUT2D eigenvalue weighted by atomic mass is 10.1. The van der Waals surface area contributed by atoms with Crippen molar-refractivity contribution < 1.29 is 14.3 Å². The number of imide groups is 1. The molecule has 17 heavy (non-hydrogen) atoms. The molecular formula is C11H15N3O3. The Hall–Kier alpha value is -2.08. The zero-order chi connectivity index (χ0) is 12.7. The Bertz CT molecular complexity index is 381. The Balaban J connectivity index is 2.28. The maximum atomic E-state index is 10.9. The first-order valence-corrected chi connectivity index (χ1v) is 5.10. The number of ether oxygens (including phenoxy) is 1. The summed E-state index contributed by atoms with van der Waals surface area (Å²) in [6.45, 7) is 0.0218. The van der Waals surface area contributed by atoms with Gasteiger partial charge in [-0.05, 0) is 12.0 Å². The molecule has 0 saturated carbocycles. The summed E-state index contributed by atoms with van der Waals surface area (Å²) < 4.78 is 4.71. The van der Waals surface area contributed by atoms with Gasteiger partial charge in [0.05, 0.1) is 0 Å². The number of benzene rings is 1. The summed E-state index contributed by atoms with van der Waals surface area (Å²) in [5.74, 6) is 0. The molecule has 0 unspecified atom stereocenters. The van der Waals surface area contributed by atoms with Crippen LogP contribution >= 0.6 is 0 Å². The Labute approximate surface area is 98.9 Å². The number of hydrogen-bond donors (Lipinski definition) is 3. The number of carbonyl (C=O) groups is 2. The second-order valence-electron chi connectivity index (χ2n) is 3.54. The number of hydrogen-bond acceptors (Lipinski definition) is 4. The van der Waals surface area contributed by atoms with Crippen molar-refractivity contribution in [3.8, 4) is 0 Å². The minimum Gasteiger partial charge on any atom is -0.448 e. The van der Waals surface area contributed by atoms with E-state index in [1.165, 1.54) is 0 Å². The molecule has 0 aromatic heterocycles. The molecule has 0 aliphatic heterocycles. The minimum atomic E-state index is -0.952. The van der Waals surface area contributed by atoms with Crippen LogP contribution in [0.5, 0.6) is 0 Å². The van der Waals surface area contributed by atoms with Gasteiger partial charge in [0.15, 0.2) is 0 Å². The van der Waals surface area contributed by atoms with Crippen molar-refractivity contribution in [2.45, 2.75) is 12.5 Å². The number of alkyl carbamates (subject to hydrolysis) is 1. The second kappa shape index (κ2) is 6.49. The van der Waals surface area contributed by atoms with E-state index < -0.39 is 12.1 Å². The van der Waals surface area contributed by atoms with Crippen LogP contribution in [0.4, 0.5) is 9.59 Å². The average molecular weight is 237 g/mol. The monoisotopic (exact) mass is 237 g/mol. The third kappa shape index (κ3) is 5.53. The van der Waals surface area contributed by atoms with Gasteiger partial charge in [0.25, 0.3) is 0 Å². The Morgan fingerprint density at radius 2 is 1.94 bits per heavy atom. The quantitative estimate of drug-likeness (QED) is 0.702. The Morgan fingerprint density at radius 1 is 1.29 bits per heavy atom.